The molecule has 1 atom stereocenters. The molecular weight excluding hydrogens is 254 g/mol. The van der Waals surface area contributed by atoms with Crippen LogP contribution in [0.25, 0.3) is 10.9 Å². The van der Waals surface area contributed by atoms with Crippen molar-refractivity contribution in [1.29, 1.82) is 0 Å². The number of amides is 1. The average Bonchev–Trinajstić information content (AvgIpc) is 2.46. The molecule has 3 rings (SSSR count). The molecule has 20 heavy (non-hydrogen) atoms. The molecule has 0 bridgehead atoms. The van der Waals surface area contributed by atoms with Crippen LogP contribution >= 0.6 is 0 Å². The molecule has 1 aromatic heterocycles. The quantitative estimate of drug-likeness (QED) is 0.796. The molecule has 6 heteroatoms. The van der Waals surface area contributed by atoms with E-state index in [2.05, 4.69) is 9.97 Å². The first-order valence-electron chi connectivity index (χ1n) is 6.73. The van der Waals surface area contributed by atoms with Gasteiger partial charge >= 0.3 is 0 Å². The number of primary amides is 1. The number of hydrogen-bond donors (Lipinski definition) is 2. The first-order valence-corrected chi connectivity index (χ1v) is 6.73. The van der Waals surface area contributed by atoms with Crippen molar-refractivity contribution in [3.63, 3.8) is 0 Å². The van der Waals surface area contributed by atoms with E-state index in [9.17, 15) is 4.79 Å². The summed E-state index contributed by atoms with van der Waals surface area (Å²) in [5.41, 5.74) is 12.8. The molecule has 104 valence electrons. The molecule has 2 heterocycles. The number of anilines is 2. The van der Waals surface area contributed by atoms with E-state index in [1.54, 1.807) is 6.07 Å². The smallest absolute Gasteiger partial charge is 0.240 e. The monoisotopic (exact) mass is 271 g/mol. The molecule has 0 saturated carbocycles. The predicted octanol–water partition coefficient (Wildman–Crippen LogP) is 1.06. The fraction of sp³-hybridized carbons (Fsp3) is 0.357. The van der Waals surface area contributed by atoms with Crippen LogP contribution in [0.15, 0.2) is 24.5 Å². The summed E-state index contributed by atoms with van der Waals surface area (Å²) in [6.07, 6.45) is 4.32. The Kier molecular flexibility index (Phi) is 3.14. The molecular formula is C14H17N5O. The van der Waals surface area contributed by atoms with Crippen molar-refractivity contribution in [3.05, 3.63) is 24.5 Å². The van der Waals surface area contributed by atoms with Gasteiger partial charge in [-0.15, -0.1) is 0 Å². The number of benzene rings is 1. The normalized spacial score (nSPS) is 19.2. The van der Waals surface area contributed by atoms with Gasteiger partial charge in [-0.25, -0.2) is 9.97 Å². The summed E-state index contributed by atoms with van der Waals surface area (Å²) in [7, 11) is 0. The van der Waals surface area contributed by atoms with E-state index >= 15 is 0 Å². The molecule has 1 amide bonds. The zero-order valence-corrected chi connectivity index (χ0v) is 11.1. The summed E-state index contributed by atoms with van der Waals surface area (Å²) in [4.78, 5) is 22.2. The van der Waals surface area contributed by atoms with E-state index in [-0.39, 0.29) is 11.9 Å². The van der Waals surface area contributed by atoms with E-state index in [1.165, 1.54) is 6.33 Å². The number of nitrogen functional groups attached to an aromatic ring is 1. The predicted molar refractivity (Wildman–Crippen MR) is 78.1 cm³/mol. The molecule has 1 fully saturated rings. The van der Waals surface area contributed by atoms with Gasteiger partial charge in [-0.1, -0.05) is 0 Å². The number of nitrogens with two attached hydrogens (primary N) is 2. The van der Waals surface area contributed by atoms with Crippen molar-refractivity contribution in [1.82, 2.24) is 9.97 Å². The van der Waals surface area contributed by atoms with Gasteiger partial charge in [0, 0.05) is 17.6 Å². The minimum Gasteiger partial charge on any atom is -0.399 e. The van der Waals surface area contributed by atoms with E-state index in [4.69, 9.17) is 11.5 Å². The first-order chi connectivity index (χ1) is 9.66. The van der Waals surface area contributed by atoms with Crippen molar-refractivity contribution >= 4 is 28.3 Å². The van der Waals surface area contributed by atoms with E-state index in [0.717, 1.165) is 42.5 Å². The number of piperidine rings is 1. The van der Waals surface area contributed by atoms with Gasteiger partial charge in [-0.3, -0.25) is 4.79 Å². The van der Waals surface area contributed by atoms with Crippen LogP contribution in [-0.4, -0.2) is 28.5 Å². The standard InChI is InChI=1S/C14H17N5O/c15-9-4-5-11-10(7-9)14(18-8-17-11)19-6-2-1-3-12(19)13(16)20/h4-5,7-8,12H,1-3,6,15H2,(H2,16,20). The maximum atomic E-state index is 11.7. The van der Waals surface area contributed by atoms with Gasteiger partial charge in [0.25, 0.3) is 0 Å². The van der Waals surface area contributed by atoms with Gasteiger partial charge in [0.15, 0.2) is 0 Å². The van der Waals surface area contributed by atoms with Crippen molar-refractivity contribution in [2.75, 3.05) is 17.2 Å². The largest absolute Gasteiger partial charge is 0.399 e. The Hall–Kier alpha value is -2.37. The molecule has 6 nitrogen and oxygen atoms in total. The van der Waals surface area contributed by atoms with Gasteiger partial charge in [0.2, 0.25) is 5.91 Å². The van der Waals surface area contributed by atoms with Gasteiger partial charge in [-0.2, -0.15) is 0 Å². The SMILES string of the molecule is NC(=O)C1CCCCN1c1ncnc2ccc(N)cc12. The summed E-state index contributed by atoms with van der Waals surface area (Å²) in [5, 5.41) is 0.862. The van der Waals surface area contributed by atoms with E-state index in [1.807, 2.05) is 17.0 Å². The van der Waals surface area contributed by atoms with E-state index < -0.39 is 0 Å². The molecule has 1 aromatic carbocycles. The lowest BCUT2D eigenvalue weighted by molar-refractivity contribution is -0.119. The van der Waals surface area contributed by atoms with Crippen molar-refractivity contribution in [2.45, 2.75) is 25.3 Å². The summed E-state index contributed by atoms with van der Waals surface area (Å²) in [6, 6.07) is 5.21. The second-order valence-corrected chi connectivity index (χ2v) is 5.08. The third-order valence-electron chi connectivity index (χ3n) is 3.74. The van der Waals surface area contributed by atoms with Crippen molar-refractivity contribution in [3.8, 4) is 0 Å². The minimum absolute atomic E-state index is 0.303. The molecule has 1 unspecified atom stereocenters. The van der Waals surface area contributed by atoms with E-state index in [0.29, 0.717) is 5.69 Å². The van der Waals surface area contributed by atoms with Crippen LogP contribution in [0.1, 0.15) is 19.3 Å². The lowest BCUT2D eigenvalue weighted by Gasteiger charge is -2.35. The highest BCUT2D eigenvalue weighted by Gasteiger charge is 2.29. The van der Waals surface area contributed by atoms with Crippen LogP contribution < -0.4 is 16.4 Å². The van der Waals surface area contributed by atoms with Crippen LogP contribution in [0.2, 0.25) is 0 Å². The topological polar surface area (TPSA) is 98.1 Å². The highest BCUT2D eigenvalue weighted by Crippen LogP contribution is 2.29. The Balaban J connectivity index is 2.12. The Labute approximate surface area is 116 Å². The van der Waals surface area contributed by atoms with Crippen LogP contribution in [0.3, 0.4) is 0 Å². The van der Waals surface area contributed by atoms with Gasteiger partial charge < -0.3 is 16.4 Å². The lowest BCUT2D eigenvalue weighted by Crippen LogP contribution is -2.48. The van der Waals surface area contributed by atoms with Crippen LogP contribution in [0, 0.1) is 0 Å². The molecule has 1 aliphatic rings. The molecule has 0 spiro atoms. The fourth-order valence-corrected chi connectivity index (χ4v) is 2.77. The number of fused-ring (bicyclic) bond motifs is 1. The third kappa shape index (κ3) is 2.13. The van der Waals surface area contributed by atoms with Gasteiger partial charge in [0.1, 0.15) is 18.2 Å². The zero-order valence-electron chi connectivity index (χ0n) is 11.1. The maximum absolute atomic E-state index is 11.7. The highest BCUT2D eigenvalue weighted by atomic mass is 16.1. The molecule has 1 aliphatic heterocycles. The second kappa shape index (κ2) is 4.96. The number of hydrogen-bond acceptors (Lipinski definition) is 5. The first kappa shape index (κ1) is 12.7. The number of carbonyl (C=O) groups is 1. The molecule has 1 saturated heterocycles. The third-order valence-corrected chi connectivity index (χ3v) is 3.74. The minimum atomic E-state index is -0.305. The Morgan fingerprint density at radius 1 is 1.30 bits per heavy atom. The molecule has 2 aromatic rings. The maximum Gasteiger partial charge on any atom is 0.240 e. The fourth-order valence-electron chi connectivity index (χ4n) is 2.77. The van der Waals surface area contributed by atoms with Crippen LogP contribution in [-0.2, 0) is 4.79 Å². The Morgan fingerprint density at radius 2 is 2.15 bits per heavy atom. The average molecular weight is 271 g/mol. The van der Waals surface area contributed by atoms with Crippen molar-refractivity contribution < 1.29 is 4.79 Å². The van der Waals surface area contributed by atoms with Crippen LogP contribution in [0.4, 0.5) is 11.5 Å². The summed E-state index contributed by atoms with van der Waals surface area (Å²) in [5.74, 6) is 0.436. The Bertz CT molecular complexity index is 657. The number of nitrogens with zero attached hydrogens (tertiary/aromatic N) is 3. The number of rotatable bonds is 2. The Morgan fingerprint density at radius 3 is 2.95 bits per heavy atom. The summed E-state index contributed by atoms with van der Waals surface area (Å²) < 4.78 is 0. The molecule has 0 aliphatic carbocycles. The highest BCUT2D eigenvalue weighted by molar-refractivity contribution is 5.94. The van der Waals surface area contributed by atoms with Crippen molar-refractivity contribution in [2.24, 2.45) is 5.73 Å². The van der Waals surface area contributed by atoms with Gasteiger partial charge in [0.05, 0.1) is 5.52 Å². The molecule has 4 N–H and O–H groups in total. The summed E-state index contributed by atoms with van der Waals surface area (Å²) in [6.45, 7) is 0.772. The second-order valence-electron chi connectivity index (χ2n) is 5.08. The summed E-state index contributed by atoms with van der Waals surface area (Å²) >= 11 is 0. The number of carbonyl (C=O) groups excluding carboxylic acids is 1. The van der Waals surface area contributed by atoms with Crippen LogP contribution in [0.5, 0.6) is 0 Å². The zero-order chi connectivity index (χ0) is 14.1. The number of aromatic nitrogens is 2. The lowest BCUT2D eigenvalue weighted by atomic mass is 10.0. The molecule has 0 radical (unpaired) electrons. The van der Waals surface area contributed by atoms with Gasteiger partial charge in [-0.05, 0) is 37.5 Å².